The second-order valence-electron chi connectivity index (χ2n) is 13.8. The zero-order chi connectivity index (χ0) is 43.0. The van der Waals surface area contributed by atoms with Crippen LogP contribution < -0.4 is 9.47 Å². The Labute approximate surface area is 363 Å². The summed E-state index contributed by atoms with van der Waals surface area (Å²) in [5.41, 5.74) is 4.52. The highest BCUT2D eigenvalue weighted by Gasteiger charge is 2.19. The lowest BCUT2D eigenvalue weighted by Gasteiger charge is -2.22. The minimum Gasteiger partial charge on any atom is -0.497 e. The molecule has 4 aromatic rings. The summed E-state index contributed by atoms with van der Waals surface area (Å²) in [6.45, 7) is 6.52. The second kappa shape index (κ2) is 26.9. The third-order valence-corrected chi connectivity index (χ3v) is 12.0. The number of nitrogens with zero attached hydrogens (tertiary/aromatic N) is 2. The van der Waals surface area contributed by atoms with Gasteiger partial charge in [0.05, 0.1) is 40.5 Å². The molecule has 60 heavy (non-hydrogen) atoms. The number of thioether (sulfide) groups is 2. The number of benzene rings is 4. The minimum atomic E-state index is -0.117. The van der Waals surface area contributed by atoms with Crippen LogP contribution in [0.4, 0.5) is 0 Å². The summed E-state index contributed by atoms with van der Waals surface area (Å²) in [4.78, 5) is 55.8. The molecule has 0 spiro atoms. The van der Waals surface area contributed by atoms with E-state index in [0.717, 1.165) is 94.4 Å². The Hall–Kier alpha value is -5.14. The first kappa shape index (κ1) is 47.5. The van der Waals surface area contributed by atoms with E-state index in [2.05, 4.69) is 0 Å². The first-order valence-corrected chi connectivity index (χ1v) is 21.7. The first-order valence-electron chi connectivity index (χ1n) is 20.0. The normalized spacial score (nSPS) is 11.9. The molecule has 0 N–H and O–H groups in total. The van der Waals surface area contributed by atoms with Gasteiger partial charge in [-0.05, 0) is 110 Å². The first-order chi connectivity index (χ1) is 29.3. The Morgan fingerprint density at radius 3 is 1.22 bits per heavy atom. The van der Waals surface area contributed by atoms with Crippen LogP contribution in [0.2, 0.25) is 0 Å². The lowest BCUT2D eigenvalue weighted by atomic mass is 10.2. The Bertz CT molecular complexity index is 1840. The van der Waals surface area contributed by atoms with Crippen molar-refractivity contribution in [3.05, 3.63) is 153 Å². The summed E-state index contributed by atoms with van der Waals surface area (Å²) in [5, 5.41) is -0.233. The number of rotatable bonds is 27. The average Bonchev–Trinajstić information content (AvgIpc) is 3.29. The van der Waals surface area contributed by atoms with Gasteiger partial charge in [-0.2, -0.15) is 0 Å². The zero-order valence-electron chi connectivity index (χ0n) is 35.0. The molecule has 0 aliphatic rings. The molecule has 0 saturated heterocycles. The molecule has 4 rings (SSSR count). The van der Waals surface area contributed by atoms with Crippen molar-refractivity contribution in [2.75, 3.05) is 40.6 Å². The van der Waals surface area contributed by atoms with Crippen LogP contribution in [0.1, 0.15) is 84.2 Å². The molecule has 318 valence electrons. The van der Waals surface area contributed by atoms with Crippen molar-refractivity contribution in [3.8, 4) is 11.5 Å². The number of carbonyl (C=O) groups is 4. The van der Waals surface area contributed by atoms with E-state index >= 15 is 0 Å². The molecule has 10 nitrogen and oxygen atoms in total. The van der Waals surface area contributed by atoms with Crippen LogP contribution in [0, 0.1) is 0 Å². The standard InChI is InChI=1S/C48H56N2O8S2/c1-37(49(35-51)33-39-15-9-7-10-16-39)45(59-47(53)41-19-23-43(55-3)24-20-41)27-31-57-29-13-5-6-14-30-58-32-28-46(60-48(54)42-21-25-44(56-4)26-22-42)38(2)50(36-52)34-40-17-11-8-12-18-40/h7-12,15-26,35-36H,5-6,13-14,27-34H2,1-4H3/b45-37+,46-38+. The lowest BCUT2D eigenvalue weighted by molar-refractivity contribution is -0.117. The average molecular weight is 853 g/mol. The summed E-state index contributed by atoms with van der Waals surface area (Å²) in [7, 11) is 3.17. The van der Waals surface area contributed by atoms with Gasteiger partial charge in [0.1, 0.15) is 11.5 Å². The number of carbonyl (C=O) groups excluding carboxylic acids is 4. The summed E-state index contributed by atoms with van der Waals surface area (Å²) in [5.74, 6) is 1.34. The Morgan fingerprint density at radius 2 is 0.883 bits per heavy atom. The van der Waals surface area contributed by atoms with Crippen molar-refractivity contribution in [1.82, 2.24) is 9.80 Å². The van der Waals surface area contributed by atoms with Crippen molar-refractivity contribution < 1.29 is 38.1 Å². The molecule has 0 unspecified atom stereocenters. The number of allylic oxidation sites excluding steroid dienone is 2. The minimum absolute atomic E-state index is 0.117. The Kier molecular flexibility index (Phi) is 21.3. The van der Waals surface area contributed by atoms with Gasteiger partial charge in [0.15, 0.2) is 0 Å². The molecule has 0 radical (unpaired) electrons. The van der Waals surface area contributed by atoms with Crippen LogP contribution >= 0.6 is 23.5 Å². The van der Waals surface area contributed by atoms with Crippen LogP contribution in [-0.2, 0) is 32.2 Å². The maximum absolute atomic E-state index is 13.3. The molecular formula is C48H56N2O8S2. The van der Waals surface area contributed by atoms with E-state index in [0.29, 0.717) is 75.0 Å². The molecule has 0 atom stereocenters. The van der Waals surface area contributed by atoms with Crippen molar-refractivity contribution in [3.63, 3.8) is 0 Å². The third kappa shape index (κ3) is 16.1. The van der Waals surface area contributed by atoms with Crippen molar-refractivity contribution in [2.45, 2.75) is 65.5 Å². The molecule has 2 amide bonds. The number of unbranched alkanes of at least 4 members (excludes halogenated alkanes) is 3. The van der Waals surface area contributed by atoms with Gasteiger partial charge in [0.25, 0.3) is 0 Å². The molecule has 4 aromatic carbocycles. The third-order valence-electron chi connectivity index (χ3n) is 9.67. The van der Waals surface area contributed by atoms with E-state index in [1.165, 1.54) is 0 Å². The molecule has 0 aliphatic carbocycles. The number of methoxy groups -OCH3 is 2. The second-order valence-corrected chi connectivity index (χ2v) is 16.0. The summed E-state index contributed by atoms with van der Waals surface area (Å²) in [6.07, 6.45) is 6.28. The van der Waals surface area contributed by atoms with Crippen LogP contribution in [0.5, 0.6) is 11.5 Å². The molecule has 0 aromatic heterocycles. The summed E-state index contributed by atoms with van der Waals surface area (Å²) < 4.78 is 22.5. The van der Waals surface area contributed by atoms with Gasteiger partial charge in [-0.3, -0.25) is 19.2 Å². The monoisotopic (exact) mass is 852 g/mol. The predicted octanol–water partition coefficient (Wildman–Crippen LogP) is 10.3. The number of hydrogen-bond donors (Lipinski definition) is 0. The van der Waals surface area contributed by atoms with E-state index in [-0.39, 0.29) is 10.2 Å². The molecule has 0 heterocycles. The van der Waals surface area contributed by atoms with E-state index in [4.69, 9.17) is 18.9 Å². The van der Waals surface area contributed by atoms with Gasteiger partial charge >= 0.3 is 0 Å². The van der Waals surface area contributed by atoms with E-state index < -0.39 is 0 Å². The fraction of sp³-hybridized carbons (Fsp3) is 0.333. The van der Waals surface area contributed by atoms with E-state index in [9.17, 15) is 19.2 Å². The molecule has 12 heteroatoms. The van der Waals surface area contributed by atoms with Crippen LogP contribution in [0.25, 0.3) is 0 Å². The van der Waals surface area contributed by atoms with Crippen LogP contribution in [-0.4, -0.2) is 73.5 Å². The van der Waals surface area contributed by atoms with Gasteiger partial charge < -0.3 is 28.7 Å². The van der Waals surface area contributed by atoms with Crippen molar-refractivity contribution in [1.29, 1.82) is 0 Å². The van der Waals surface area contributed by atoms with Gasteiger partial charge in [-0.25, -0.2) is 0 Å². The Balaban J connectivity index is 1.23. The van der Waals surface area contributed by atoms with Crippen LogP contribution in [0.3, 0.4) is 0 Å². The highest BCUT2D eigenvalue weighted by Crippen LogP contribution is 2.31. The molecule has 0 aliphatic heterocycles. The lowest BCUT2D eigenvalue weighted by Crippen LogP contribution is -2.21. The maximum atomic E-state index is 13.3. The summed E-state index contributed by atoms with van der Waals surface area (Å²) >= 11 is 2.25. The maximum Gasteiger partial charge on any atom is 0.223 e. The number of ether oxygens (including phenoxy) is 4. The molecule has 0 fully saturated rings. The van der Waals surface area contributed by atoms with E-state index in [1.54, 1.807) is 72.6 Å². The van der Waals surface area contributed by atoms with Crippen LogP contribution in [0.15, 0.2) is 130 Å². The highest BCUT2D eigenvalue weighted by atomic mass is 32.2. The van der Waals surface area contributed by atoms with Gasteiger partial charge in [-0.1, -0.05) is 73.5 Å². The smallest absolute Gasteiger partial charge is 0.223 e. The topological polar surface area (TPSA) is 112 Å². The largest absolute Gasteiger partial charge is 0.497 e. The predicted molar refractivity (Wildman–Crippen MR) is 241 cm³/mol. The number of amides is 2. The van der Waals surface area contributed by atoms with Crippen molar-refractivity contribution >= 4 is 46.6 Å². The number of hydrogen-bond acceptors (Lipinski definition) is 10. The SMILES string of the molecule is COc1ccc(C(=O)S/C(CCOCCCCCCOCC/C(SC(=O)c2ccc(OC)cc2)=C(/C)N(C=O)Cc2ccccc2)=C(\C)N(C=O)Cc2ccccc2)cc1. The van der Waals surface area contributed by atoms with Crippen molar-refractivity contribution in [2.24, 2.45) is 0 Å². The highest BCUT2D eigenvalue weighted by molar-refractivity contribution is 8.17. The van der Waals surface area contributed by atoms with Gasteiger partial charge in [0, 0.05) is 58.4 Å². The zero-order valence-corrected chi connectivity index (χ0v) is 36.6. The van der Waals surface area contributed by atoms with Gasteiger partial charge in [-0.15, -0.1) is 0 Å². The summed E-state index contributed by atoms with van der Waals surface area (Å²) in [6, 6.07) is 33.5. The fourth-order valence-corrected chi connectivity index (χ4v) is 7.91. The molecular weight excluding hydrogens is 797 g/mol. The molecule has 0 bridgehead atoms. The van der Waals surface area contributed by atoms with E-state index in [1.807, 2.05) is 74.5 Å². The quantitative estimate of drug-likeness (QED) is 0.0425. The molecule has 0 saturated carbocycles. The van der Waals surface area contributed by atoms with Gasteiger partial charge in [0.2, 0.25) is 23.1 Å². The Morgan fingerprint density at radius 1 is 0.517 bits per heavy atom. The fourth-order valence-electron chi connectivity index (χ4n) is 6.05.